The first-order chi connectivity index (χ1) is 8.51. The van der Waals surface area contributed by atoms with E-state index in [-0.39, 0.29) is 11.1 Å². The molecule has 1 aliphatic rings. The normalized spacial score (nSPS) is 25.2. The summed E-state index contributed by atoms with van der Waals surface area (Å²) in [6.07, 6.45) is 6.97. The zero-order chi connectivity index (χ0) is 13.2. The average molecular weight is 336 g/mol. The van der Waals surface area contributed by atoms with Crippen LogP contribution in [0.3, 0.4) is 0 Å². The fourth-order valence-corrected chi connectivity index (χ4v) is 4.18. The third kappa shape index (κ3) is 3.33. The number of imidazole rings is 1. The van der Waals surface area contributed by atoms with Gasteiger partial charge in [0.25, 0.3) is 10.0 Å². The summed E-state index contributed by atoms with van der Waals surface area (Å²) >= 11 is 3.48. The van der Waals surface area contributed by atoms with Gasteiger partial charge in [0.05, 0.1) is 6.33 Å². The second kappa shape index (κ2) is 5.71. The molecule has 0 bridgehead atoms. The zero-order valence-corrected chi connectivity index (χ0v) is 12.7. The van der Waals surface area contributed by atoms with Crippen molar-refractivity contribution in [1.29, 1.82) is 0 Å². The SMILES string of the molecule is Cn1cnc(S(=O)(=O)NC2CCC(CBr)CC2)c1. The maximum Gasteiger partial charge on any atom is 0.259 e. The fourth-order valence-electron chi connectivity index (χ4n) is 2.24. The van der Waals surface area contributed by atoms with E-state index in [1.165, 1.54) is 12.5 Å². The summed E-state index contributed by atoms with van der Waals surface area (Å²) in [4.78, 5) is 3.89. The van der Waals surface area contributed by atoms with E-state index in [1.54, 1.807) is 11.6 Å². The number of alkyl halides is 1. The van der Waals surface area contributed by atoms with Crippen LogP contribution in [0.25, 0.3) is 0 Å². The summed E-state index contributed by atoms with van der Waals surface area (Å²) in [7, 11) is -1.70. The molecule has 0 amide bonds. The Morgan fingerprint density at radius 1 is 1.44 bits per heavy atom. The summed E-state index contributed by atoms with van der Waals surface area (Å²) in [5.41, 5.74) is 0. The molecule has 1 aromatic rings. The summed E-state index contributed by atoms with van der Waals surface area (Å²) in [5, 5.41) is 1.11. The molecule has 7 heteroatoms. The lowest BCUT2D eigenvalue weighted by Gasteiger charge is -2.27. The first kappa shape index (κ1) is 14.0. The van der Waals surface area contributed by atoms with Crippen LogP contribution in [0.5, 0.6) is 0 Å². The summed E-state index contributed by atoms with van der Waals surface area (Å²) in [6, 6.07) is 0.0484. The van der Waals surface area contributed by atoms with Crippen molar-refractivity contribution in [2.24, 2.45) is 13.0 Å². The molecular weight excluding hydrogens is 318 g/mol. The Balaban J connectivity index is 1.97. The van der Waals surface area contributed by atoms with Crippen LogP contribution in [-0.2, 0) is 17.1 Å². The average Bonchev–Trinajstić information content (AvgIpc) is 2.77. The van der Waals surface area contributed by atoms with Gasteiger partial charge in [-0.2, -0.15) is 0 Å². The Hall–Kier alpha value is -0.400. The van der Waals surface area contributed by atoms with E-state index >= 15 is 0 Å². The Kier molecular flexibility index (Phi) is 4.45. The molecule has 5 nitrogen and oxygen atoms in total. The van der Waals surface area contributed by atoms with E-state index in [2.05, 4.69) is 25.6 Å². The van der Waals surface area contributed by atoms with Crippen LogP contribution in [0.15, 0.2) is 17.6 Å². The van der Waals surface area contributed by atoms with Crippen LogP contribution in [0.1, 0.15) is 25.7 Å². The standard InChI is InChI=1S/C11H18BrN3O2S/c1-15-7-11(13-8-15)18(16,17)14-10-4-2-9(6-12)3-5-10/h7-10,14H,2-6H2,1H3. The van der Waals surface area contributed by atoms with Crippen molar-refractivity contribution in [3.63, 3.8) is 0 Å². The molecule has 1 N–H and O–H groups in total. The minimum absolute atomic E-state index is 0.0484. The molecular formula is C11H18BrN3O2S. The van der Waals surface area contributed by atoms with Crippen molar-refractivity contribution in [3.8, 4) is 0 Å². The minimum atomic E-state index is -3.46. The van der Waals surface area contributed by atoms with E-state index in [4.69, 9.17) is 0 Å². The van der Waals surface area contributed by atoms with E-state index in [0.29, 0.717) is 5.92 Å². The molecule has 1 aliphatic carbocycles. The maximum atomic E-state index is 12.1. The van der Waals surface area contributed by atoms with Gasteiger partial charge in [-0.05, 0) is 31.6 Å². The van der Waals surface area contributed by atoms with Gasteiger partial charge in [0.1, 0.15) is 0 Å². The van der Waals surface area contributed by atoms with E-state index in [9.17, 15) is 8.42 Å². The number of nitrogens with zero attached hydrogens (tertiary/aromatic N) is 2. The quantitative estimate of drug-likeness (QED) is 0.851. The van der Waals surface area contributed by atoms with Crippen molar-refractivity contribution in [1.82, 2.24) is 14.3 Å². The number of sulfonamides is 1. The first-order valence-electron chi connectivity index (χ1n) is 6.07. The number of aryl methyl sites for hydroxylation is 1. The lowest BCUT2D eigenvalue weighted by atomic mass is 9.88. The summed E-state index contributed by atoms with van der Waals surface area (Å²) in [5.74, 6) is 0.681. The maximum absolute atomic E-state index is 12.1. The van der Waals surface area contributed by atoms with E-state index in [1.807, 2.05) is 0 Å². The highest BCUT2D eigenvalue weighted by atomic mass is 79.9. The predicted octanol–water partition coefficient (Wildman–Crippen LogP) is 1.65. The smallest absolute Gasteiger partial charge is 0.259 e. The van der Waals surface area contributed by atoms with Crippen molar-refractivity contribution >= 4 is 26.0 Å². The fraction of sp³-hybridized carbons (Fsp3) is 0.727. The van der Waals surface area contributed by atoms with Gasteiger partial charge in [-0.3, -0.25) is 0 Å². The molecule has 0 saturated heterocycles. The molecule has 0 aliphatic heterocycles. The predicted molar refractivity (Wildman–Crippen MR) is 73.1 cm³/mol. The molecule has 0 aromatic carbocycles. The van der Waals surface area contributed by atoms with Crippen LogP contribution in [0, 0.1) is 5.92 Å². The topological polar surface area (TPSA) is 64.0 Å². The second-order valence-electron chi connectivity index (χ2n) is 4.87. The summed E-state index contributed by atoms with van der Waals surface area (Å²) < 4.78 is 28.5. The lowest BCUT2D eigenvalue weighted by molar-refractivity contribution is 0.337. The Morgan fingerprint density at radius 3 is 2.61 bits per heavy atom. The molecule has 1 fully saturated rings. The van der Waals surface area contributed by atoms with E-state index in [0.717, 1.165) is 31.0 Å². The van der Waals surface area contributed by atoms with Crippen molar-refractivity contribution < 1.29 is 8.42 Å². The molecule has 0 spiro atoms. The van der Waals surface area contributed by atoms with Gasteiger partial charge in [0.2, 0.25) is 0 Å². The Morgan fingerprint density at radius 2 is 2.11 bits per heavy atom. The van der Waals surface area contributed by atoms with Crippen molar-refractivity contribution in [2.75, 3.05) is 5.33 Å². The molecule has 102 valence electrons. The van der Waals surface area contributed by atoms with Gasteiger partial charge < -0.3 is 4.57 Å². The highest BCUT2D eigenvalue weighted by Gasteiger charge is 2.26. The third-order valence-corrected chi connectivity index (χ3v) is 5.66. The van der Waals surface area contributed by atoms with Crippen LogP contribution in [-0.4, -0.2) is 29.3 Å². The Labute approximate surface area is 116 Å². The Bertz CT molecular complexity index is 492. The molecule has 1 heterocycles. The molecule has 2 rings (SSSR count). The number of rotatable bonds is 4. The van der Waals surface area contributed by atoms with Gasteiger partial charge in [-0.15, -0.1) is 0 Å². The van der Waals surface area contributed by atoms with Gasteiger partial charge in [-0.1, -0.05) is 15.9 Å². The molecule has 1 aromatic heterocycles. The lowest BCUT2D eigenvalue weighted by Crippen LogP contribution is -2.37. The summed E-state index contributed by atoms with van der Waals surface area (Å²) in [6.45, 7) is 0. The van der Waals surface area contributed by atoms with Crippen LogP contribution < -0.4 is 4.72 Å². The highest BCUT2D eigenvalue weighted by molar-refractivity contribution is 9.09. The minimum Gasteiger partial charge on any atom is -0.339 e. The van der Waals surface area contributed by atoms with E-state index < -0.39 is 10.0 Å². The van der Waals surface area contributed by atoms with Crippen LogP contribution >= 0.6 is 15.9 Å². The van der Waals surface area contributed by atoms with Gasteiger partial charge in [0, 0.05) is 24.6 Å². The number of hydrogen-bond donors (Lipinski definition) is 1. The number of aromatic nitrogens is 2. The molecule has 0 unspecified atom stereocenters. The number of halogens is 1. The van der Waals surface area contributed by atoms with Crippen LogP contribution in [0.2, 0.25) is 0 Å². The molecule has 1 saturated carbocycles. The van der Waals surface area contributed by atoms with Crippen molar-refractivity contribution in [3.05, 3.63) is 12.5 Å². The van der Waals surface area contributed by atoms with Gasteiger partial charge in [-0.25, -0.2) is 18.1 Å². The monoisotopic (exact) mass is 335 g/mol. The molecule has 0 radical (unpaired) electrons. The largest absolute Gasteiger partial charge is 0.339 e. The molecule has 0 atom stereocenters. The highest BCUT2D eigenvalue weighted by Crippen LogP contribution is 2.26. The third-order valence-electron chi connectivity index (χ3n) is 3.34. The zero-order valence-electron chi connectivity index (χ0n) is 10.3. The van der Waals surface area contributed by atoms with Crippen LogP contribution in [0.4, 0.5) is 0 Å². The second-order valence-corrected chi connectivity index (χ2v) is 7.18. The number of hydrogen-bond acceptors (Lipinski definition) is 3. The molecule has 18 heavy (non-hydrogen) atoms. The van der Waals surface area contributed by atoms with Gasteiger partial charge >= 0.3 is 0 Å². The van der Waals surface area contributed by atoms with Crippen molar-refractivity contribution in [2.45, 2.75) is 36.8 Å². The first-order valence-corrected chi connectivity index (χ1v) is 8.68. The number of nitrogens with one attached hydrogen (secondary N) is 1. The van der Waals surface area contributed by atoms with Gasteiger partial charge in [0.15, 0.2) is 5.03 Å².